The van der Waals surface area contributed by atoms with Gasteiger partial charge in [-0.25, -0.2) is 0 Å². The second-order valence-electron chi connectivity index (χ2n) is 3.30. The summed E-state index contributed by atoms with van der Waals surface area (Å²) in [6.45, 7) is 18.4. The van der Waals surface area contributed by atoms with E-state index < -0.39 is 0 Å². The highest BCUT2D eigenvalue weighted by molar-refractivity contribution is 5.87. The van der Waals surface area contributed by atoms with Crippen LogP contribution in [-0.2, 0) is 0 Å². The third-order valence-corrected chi connectivity index (χ3v) is 2.19. The van der Waals surface area contributed by atoms with Gasteiger partial charge in [-0.1, -0.05) is 48.5 Å². The van der Waals surface area contributed by atoms with Gasteiger partial charge in [-0.15, -0.1) is 0 Å². The maximum Gasteiger partial charge on any atom is 0.0430 e. The van der Waals surface area contributed by atoms with Crippen molar-refractivity contribution in [1.82, 2.24) is 0 Å². The Bertz CT molecular complexity index is 167. The molecular formula is C13H30N2. The van der Waals surface area contributed by atoms with Crippen LogP contribution in [0.15, 0.2) is 10.2 Å². The van der Waals surface area contributed by atoms with E-state index in [1.807, 2.05) is 41.5 Å². The van der Waals surface area contributed by atoms with Crippen LogP contribution >= 0.6 is 0 Å². The van der Waals surface area contributed by atoms with E-state index in [1.54, 1.807) is 6.21 Å². The Hall–Kier alpha value is -0.660. The summed E-state index contributed by atoms with van der Waals surface area (Å²) in [5.41, 5.74) is 1.28. The summed E-state index contributed by atoms with van der Waals surface area (Å²) >= 11 is 0. The van der Waals surface area contributed by atoms with Crippen LogP contribution in [-0.4, -0.2) is 11.9 Å². The van der Waals surface area contributed by atoms with Crippen molar-refractivity contribution < 1.29 is 0 Å². The lowest BCUT2D eigenvalue weighted by Gasteiger charge is -2.20. The summed E-state index contributed by atoms with van der Waals surface area (Å²) in [5, 5.41) is 7.92. The van der Waals surface area contributed by atoms with Crippen molar-refractivity contribution >= 4 is 11.9 Å². The highest BCUT2D eigenvalue weighted by atomic mass is 15.2. The van der Waals surface area contributed by atoms with Gasteiger partial charge in [-0.05, 0) is 20.3 Å². The molecule has 0 bridgehead atoms. The molecule has 0 spiro atoms. The van der Waals surface area contributed by atoms with Gasteiger partial charge in [0.05, 0.1) is 0 Å². The van der Waals surface area contributed by atoms with Gasteiger partial charge >= 0.3 is 0 Å². The molecule has 0 heterocycles. The smallest absolute Gasteiger partial charge is 0.0430 e. The zero-order valence-corrected chi connectivity index (χ0v) is 12.2. The van der Waals surface area contributed by atoms with Crippen LogP contribution in [0.4, 0.5) is 0 Å². The number of hydrogen-bond acceptors (Lipinski definition) is 2. The van der Waals surface area contributed by atoms with E-state index in [0.717, 1.165) is 12.1 Å². The quantitative estimate of drug-likeness (QED) is 0.469. The maximum absolute atomic E-state index is 4.07. The van der Waals surface area contributed by atoms with Crippen LogP contribution in [0.2, 0.25) is 0 Å². The predicted octanol–water partition coefficient (Wildman–Crippen LogP) is 4.94. The van der Waals surface area contributed by atoms with Gasteiger partial charge < -0.3 is 0 Å². The van der Waals surface area contributed by atoms with Gasteiger partial charge in [0.15, 0.2) is 0 Å². The second-order valence-corrected chi connectivity index (χ2v) is 3.30. The van der Waals surface area contributed by atoms with E-state index >= 15 is 0 Å². The van der Waals surface area contributed by atoms with Gasteiger partial charge in [0, 0.05) is 17.3 Å². The Labute approximate surface area is 96.9 Å². The zero-order chi connectivity index (χ0) is 12.9. The number of hydrogen-bond donors (Lipinski definition) is 0. The number of nitrogens with zero attached hydrogens (tertiary/aromatic N) is 2. The first-order chi connectivity index (χ1) is 7.04. The Morgan fingerprint density at radius 3 is 1.80 bits per heavy atom. The highest BCUT2D eigenvalue weighted by Crippen LogP contribution is 2.21. The summed E-state index contributed by atoms with van der Waals surface area (Å²) < 4.78 is 0. The molecule has 0 amide bonds. The fourth-order valence-corrected chi connectivity index (χ4v) is 0.536. The minimum absolute atomic E-state index is 0.187. The molecule has 0 radical (unpaired) electrons. The zero-order valence-electron chi connectivity index (χ0n) is 12.2. The molecule has 0 unspecified atom stereocenters. The molecule has 0 atom stereocenters. The molecular weight excluding hydrogens is 184 g/mol. The van der Waals surface area contributed by atoms with Crippen molar-refractivity contribution in [3.63, 3.8) is 0 Å². The SMILES string of the molecule is C/C=N\N=C(/C)C(C)(C)CC.CC.CC. The Morgan fingerprint density at radius 2 is 1.53 bits per heavy atom. The average Bonchev–Trinajstić information content (AvgIpc) is 2.31. The molecule has 0 N–H and O–H groups in total. The van der Waals surface area contributed by atoms with Gasteiger partial charge in [0.2, 0.25) is 0 Å². The molecule has 0 aromatic rings. The molecule has 15 heavy (non-hydrogen) atoms. The first-order valence-electron chi connectivity index (χ1n) is 6.07. The van der Waals surface area contributed by atoms with Crippen molar-refractivity contribution in [2.45, 2.75) is 68.7 Å². The average molecular weight is 214 g/mol. The molecule has 0 aliphatic heterocycles. The van der Waals surface area contributed by atoms with E-state index in [-0.39, 0.29) is 5.41 Å². The van der Waals surface area contributed by atoms with E-state index in [9.17, 15) is 0 Å². The lowest BCUT2D eigenvalue weighted by atomic mass is 9.86. The molecule has 0 aromatic heterocycles. The minimum atomic E-state index is 0.187. The molecule has 0 aliphatic rings. The summed E-state index contributed by atoms with van der Waals surface area (Å²) in [5.74, 6) is 0. The van der Waals surface area contributed by atoms with Crippen molar-refractivity contribution in [2.75, 3.05) is 0 Å². The van der Waals surface area contributed by atoms with Crippen molar-refractivity contribution in [2.24, 2.45) is 15.6 Å². The van der Waals surface area contributed by atoms with Gasteiger partial charge in [-0.2, -0.15) is 10.2 Å². The third-order valence-electron chi connectivity index (χ3n) is 2.19. The Kier molecular flexibility index (Phi) is 17.6. The fourth-order valence-electron chi connectivity index (χ4n) is 0.536. The van der Waals surface area contributed by atoms with Crippen molar-refractivity contribution in [3.8, 4) is 0 Å². The Balaban J connectivity index is -0.000000318. The van der Waals surface area contributed by atoms with Crippen LogP contribution in [0.3, 0.4) is 0 Å². The van der Waals surface area contributed by atoms with Crippen LogP contribution < -0.4 is 0 Å². The van der Waals surface area contributed by atoms with Crippen molar-refractivity contribution in [3.05, 3.63) is 0 Å². The Morgan fingerprint density at radius 1 is 1.13 bits per heavy atom. The van der Waals surface area contributed by atoms with Crippen LogP contribution in [0, 0.1) is 5.41 Å². The van der Waals surface area contributed by atoms with Crippen molar-refractivity contribution in [1.29, 1.82) is 0 Å². The summed E-state index contributed by atoms with van der Waals surface area (Å²) in [4.78, 5) is 0. The molecule has 0 aromatic carbocycles. The van der Waals surface area contributed by atoms with Crippen LogP contribution in [0.25, 0.3) is 0 Å². The standard InChI is InChI=1S/C9H18N2.2C2H6/c1-6-9(4,5)8(3)11-10-7-2;2*1-2/h7H,6H2,1-5H3;2*1-2H3/b10-7-,11-8+;;. The lowest BCUT2D eigenvalue weighted by molar-refractivity contribution is 0.499. The van der Waals surface area contributed by atoms with Crippen LogP contribution in [0.1, 0.15) is 68.7 Å². The topological polar surface area (TPSA) is 24.7 Å². The summed E-state index contributed by atoms with van der Waals surface area (Å²) in [6, 6.07) is 0. The molecule has 92 valence electrons. The normalized spacial score (nSPS) is 11.4. The largest absolute Gasteiger partial charge is 0.164 e. The maximum atomic E-state index is 4.07. The van der Waals surface area contributed by atoms with E-state index in [0.29, 0.717) is 0 Å². The highest BCUT2D eigenvalue weighted by Gasteiger charge is 2.18. The van der Waals surface area contributed by atoms with Gasteiger partial charge in [0.1, 0.15) is 0 Å². The number of rotatable bonds is 3. The monoisotopic (exact) mass is 214 g/mol. The third kappa shape index (κ3) is 11.3. The lowest BCUT2D eigenvalue weighted by Crippen LogP contribution is -2.19. The van der Waals surface area contributed by atoms with E-state index in [2.05, 4.69) is 31.0 Å². The fraction of sp³-hybridized carbons (Fsp3) is 0.846. The summed E-state index contributed by atoms with van der Waals surface area (Å²) in [7, 11) is 0. The molecule has 0 saturated heterocycles. The molecule has 0 rings (SSSR count). The van der Waals surface area contributed by atoms with Gasteiger partial charge in [0.25, 0.3) is 0 Å². The predicted molar refractivity (Wildman–Crippen MR) is 74.0 cm³/mol. The first kappa shape index (κ1) is 19.8. The molecule has 2 heteroatoms. The van der Waals surface area contributed by atoms with E-state index in [1.165, 1.54) is 0 Å². The summed E-state index contributed by atoms with van der Waals surface area (Å²) in [6.07, 6.45) is 2.80. The molecule has 2 nitrogen and oxygen atoms in total. The second kappa shape index (κ2) is 13.3. The first-order valence-corrected chi connectivity index (χ1v) is 6.07. The van der Waals surface area contributed by atoms with Crippen LogP contribution in [0.5, 0.6) is 0 Å². The molecule has 0 fully saturated rings. The molecule has 0 saturated carbocycles. The molecule has 0 aliphatic carbocycles. The minimum Gasteiger partial charge on any atom is -0.164 e. The van der Waals surface area contributed by atoms with Gasteiger partial charge in [-0.3, -0.25) is 0 Å². The van der Waals surface area contributed by atoms with E-state index in [4.69, 9.17) is 0 Å².